The molecule has 0 radical (unpaired) electrons. The molecule has 0 unspecified atom stereocenters. The molecule has 200 valence electrons. The molecule has 6 aromatic rings. The van der Waals surface area contributed by atoms with Crippen molar-refractivity contribution in [1.82, 2.24) is 9.97 Å². The number of nitrogens with zero attached hydrogens (tertiary/aromatic N) is 2. The number of benzene rings is 4. The van der Waals surface area contributed by atoms with Gasteiger partial charge in [0, 0.05) is 23.5 Å². The molecule has 0 aliphatic rings. The van der Waals surface area contributed by atoms with Crippen LogP contribution in [0.15, 0.2) is 158 Å². The van der Waals surface area contributed by atoms with Gasteiger partial charge in [0.1, 0.15) is 11.4 Å². The first-order valence-corrected chi connectivity index (χ1v) is 13.7. The first-order chi connectivity index (χ1) is 20.7. The van der Waals surface area contributed by atoms with E-state index in [9.17, 15) is 9.59 Å². The van der Waals surface area contributed by atoms with Crippen molar-refractivity contribution in [3.05, 3.63) is 203 Å². The van der Waals surface area contributed by atoms with E-state index in [1.165, 1.54) is 0 Å². The van der Waals surface area contributed by atoms with Crippen LogP contribution in [0.3, 0.4) is 0 Å². The Balaban J connectivity index is 1.60. The van der Waals surface area contributed by atoms with Crippen LogP contribution < -0.4 is 0 Å². The maximum atomic E-state index is 13.4. The van der Waals surface area contributed by atoms with Gasteiger partial charge < -0.3 is 0 Å². The normalized spacial score (nSPS) is 10.6. The van der Waals surface area contributed by atoms with Crippen LogP contribution >= 0.6 is 0 Å². The lowest BCUT2D eigenvalue weighted by Gasteiger charge is -2.19. The highest BCUT2D eigenvalue weighted by Crippen LogP contribution is 2.37. The molecule has 0 bridgehead atoms. The third kappa shape index (κ3) is 5.60. The van der Waals surface area contributed by atoms with Crippen molar-refractivity contribution < 1.29 is 9.59 Å². The number of rotatable bonds is 8. The quantitative estimate of drug-likeness (QED) is 0.145. The van der Waals surface area contributed by atoms with Gasteiger partial charge >= 0.3 is 0 Å². The Morgan fingerprint density at radius 1 is 0.357 bits per heavy atom. The van der Waals surface area contributed by atoms with E-state index in [-0.39, 0.29) is 11.6 Å². The van der Waals surface area contributed by atoms with Crippen molar-refractivity contribution in [1.29, 1.82) is 0 Å². The molecule has 4 heteroatoms. The first-order valence-electron chi connectivity index (χ1n) is 13.7. The number of pyridine rings is 2. The molecule has 0 spiro atoms. The van der Waals surface area contributed by atoms with E-state index >= 15 is 0 Å². The lowest BCUT2D eigenvalue weighted by Crippen LogP contribution is -2.06. The fraction of sp³-hybridized carbons (Fsp3) is 0. The van der Waals surface area contributed by atoms with E-state index in [0.717, 1.165) is 33.4 Å². The highest BCUT2D eigenvalue weighted by atomic mass is 16.1. The summed E-state index contributed by atoms with van der Waals surface area (Å²) in [6, 6.07) is 46.2. The SMILES string of the molecule is O=C(c1cccc(C(=C(c2ccccc2)c2ccccc2)c2cccc(C(=O)c3ccccn3)c2)c1)c1ccccn1. The summed E-state index contributed by atoms with van der Waals surface area (Å²) in [5.74, 6) is -0.311. The summed E-state index contributed by atoms with van der Waals surface area (Å²) < 4.78 is 0. The maximum absolute atomic E-state index is 13.4. The summed E-state index contributed by atoms with van der Waals surface area (Å²) in [5.41, 5.74) is 7.45. The maximum Gasteiger partial charge on any atom is 0.211 e. The highest BCUT2D eigenvalue weighted by molar-refractivity contribution is 6.11. The van der Waals surface area contributed by atoms with Crippen molar-refractivity contribution in [2.45, 2.75) is 0 Å². The van der Waals surface area contributed by atoms with Gasteiger partial charge in [0.15, 0.2) is 0 Å². The zero-order chi connectivity index (χ0) is 28.7. The average Bonchev–Trinajstić information content (AvgIpc) is 3.08. The molecule has 4 aromatic carbocycles. The van der Waals surface area contributed by atoms with E-state index in [1.54, 1.807) is 36.7 Å². The summed E-state index contributed by atoms with van der Waals surface area (Å²) in [6.45, 7) is 0. The molecule has 0 aliphatic heterocycles. The summed E-state index contributed by atoms with van der Waals surface area (Å²) in [4.78, 5) is 35.4. The third-order valence-corrected chi connectivity index (χ3v) is 7.00. The lowest BCUT2D eigenvalue weighted by atomic mass is 9.84. The third-order valence-electron chi connectivity index (χ3n) is 7.00. The Morgan fingerprint density at radius 3 is 1.12 bits per heavy atom. The van der Waals surface area contributed by atoms with Crippen LogP contribution in [-0.2, 0) is 0 Å². The van der Waals surface area contributed by atoms with E-state index in [2.05, 4.69) is 34.2 Å². The van der Waals surface area contributed by atoms with Crippen molar-refractivity contribution in [2.24, 2.45) is 0 Å². The van der Waals surface area contributed by atoms with Gasteiger partial charge in [-0.25, -0.2) is 0 Å². The van der Waals surface area contributed by atoms with Gasteiger partial charge in [0.25, 0.3) is 0 Å². The molecule has 6 rings (SSSR count). The Morgan fingerprint density at radius 2 is 0.714 bits per heavy atom. The number of carbonyl (C=O) groups excluding carboxylic acids is 2. The highest BCUT2D eigenvalue weighted by Gasteiger charge is 2.20. The second-order valence-corrected chi connectivity index (χ2v) is 9.73. The molecule has 0 fully saturated rings. The Labute approximate surface area is 244 Å². The summed E-state index contributed by atoms with van der Waals surface area (Å²) in [5, 5.41) is 0. The minimum Gasteiger partial charge on any atom is -0.287 e. The summed E-state index contributed by atoms with van der Waals surface area (Å²) in [6.07, 6.45) is 3.24. The number of hydrogen-bond acceptors (Lipinski definition) is 4. The summed E-state index contributed by atoms with van der Waals surface area (Å²) in [7, 11) is 0. The van der Waals surface area contributed by atoms with Crippen LogP contribution in [0, 0.1) is 0 Å². The number of carbonyl (C=O) groups is 2. The second-order valence-electron chi connectivity index (χ2n) is 9.73. The summed E-state index contributed by atoms with van der Waals surface area (Å²) >= 11 is 0. The fourth-order valence-corrected chi connectivity index (χ4v) is 5.04. The van der Waals surface area contributed by atoms with E-state index in [1.807, 2.05) is 97.1 Å². The largest absolute Gasteiger partial charge is 0.287 e. The molecule has 2 heterocycles. The van der Waals surface area contributed by atoms with Gasteiger partial charge in [0.05, 0.1) is 0 Å². The predicted molar refractivity (Wildman–Crippen MR) is 166 cm³/mol. The minimum absolute atomic E-state index is 0.156. The molecule has 0 saturated carbocycles. The standard InChI is InChI=1S/C38H26N2O2/c41-37(33-21-7-9-23-39-33)31-19-11-17-29(25-31)36(35(27-13-3-1-4-14-27)28-15-5-2-6-16-28)30-18-12-20-32(26-30)38(42)34-22-8-10-24-40-34/h1-26H. The van der Waals surface area contributed by atoms with Crippen LogP contribution in [0.4, 0.5) is 0 Å². The first kappa shape index (κ1) is 26.5. The van der Waals surface area contributed by atoms with Crippen molar-refractivity contribution in [2.75, 3.05) is 0 Å². The van der Waals surface area contributed by atoms with Gasteiger partial charge in [-0.2, -0.15) is 0 Å². The van der Waals surface area contributed by atoms with Gasteiger partial charge in [-0.3, -0.25) is 19.6 Å². The molecule has 42 heavy (non-hydrogen) atoms. The molecule has 0 N–H and O–H groups in total. The van der Waals surface area contributed by atoms with E-state index in [4.69, 9.17) is 0 Å². The van der Waals surface area contributed by atoms with Gasteiger partial charge in [-0.1, -0.05) is 109 Å². The van der Waals surface area contributed by atoms with Crippen LogP contribution in [0.2, 0.25) is 0 Å². The van der Waals surface area contributed by atoms with Crippen LogP contribution in [0.25, 0.3) is 11.1 Å². The van der Waals surface area contributed by atoms with Crippen molar-refractivity contribution >= 4 is 22.7 Å². The zero-order valence-electron chi connectivity index (χ0n) is 22.7. The van der Waals surface area contributed by atoms with Gasteiger partial charge in [0.2, 0.25) is 11.6 Å². The minimum atomic E-state index is -0.156. The van der Waals surface area contributed by atoms with Crippen molar-refractivity contribution in [3.63, 3.8) is 0 Å². The molecule has 0 aliphatic carbocycles. The molecule has 2 aromatic heterocycles. The van der Waals surface area contributed by atoms with Crippen molar-refractivity contribution in [3.8, 4) is 0 Å². The van der Waals surface area contributed by atoms with Crippen LogP contribution in [-0.4, -0.2) is 21.5 Å². The molecule has 0 atom stereocenters. The second kappa shape index (κ2) is 12.2. The Kier molecular flexibility index (Phi) is 7.69. The lowest BCUT2D eigenvalue weighted by molar-refractivity contribution is 0.102. The molecule has 4 nitrogen and oxygen atoms in total. The average molecular weight is 543 g/mol. The molecule has 0 amide bonds. The fourth-order valence-electron chi connectivity index (χ4n) is 5.04. The molecular formula is C38H26N2O2. The monoisotopic (exact) mass is 542 g/mol. The van der Waals surface area contributed by atoms with E-state index < -0.39 is 0 Å². The topological polar surface area (TPSA) is 59.9 Å². The number of aromatic nitrogens is 2. The Bertz CT molecular complexity index is 1740. The Hall–Kier alpha value is -5.74. The van der Waals surface area contributed by atoms with Gasteiger partial charge in [-0.15, -0.1) is 0 Å². The van der Waals surface area contributed by atoms with E-state index in [0.29, 0.717) is 22.5 Å². The predicted octanol–water partition coefficient (Wildman–Crippen LogP) is 7.95. The number of hydrogen-bond donors (Lipinski definition) is 0. The smallest absolute Gasteiger partial charge is 0.211 e. The van der Waals surface area contributed by atoms with Gasteiger partial charge in [-0.05, 0) is 69.8 Å². The number of ketones is 2. The van der Waals surface area contributed by atoms with Crippen LogP contribution in [0.5, 0.6) is 0 Å². The zero-order valence-corrected chi connectivity index (χ0v) is 22.7. The van der Waals surface area contributed by atoms with Crippen LogP contribution in [0.1, 0.15) is 54.4 Å². The molecule has 0 saturated heterocycles. The molecular weight excluding hydrogens is 516 g/mol.